The van der Waals surface area contributed by atoms with E-state index in [0.29, 0.717) is 11.6 Å². The summed E-state index contributed by atoms with van der Waals surface area (Å²) >= 11 is 1.36. The minimum atomic E-state index is -0.288. The number of anilines is 1. The van der Waals surface area contributed by atoms with Crippen molar-refractivity contribution in [2.45, 2.75) is 13.3 Å². The number of carbonyl (C=O) groups excluding carboxylic acids is 1. The number of rotatable bonds is 4. The Hall–Kier alpha value is -2.54. The molecule has 0 aliphatic heterocycles. The van der Waals surface area contributed by atoms with E-state index in [4.69, 9.17) is 0 Å². The highest BCUT2D eigenvalue weighted by Gasteiger charge is 2.15. The molecule has 2 heterocycles. The largest absolute Gasteiger partial charge is 0.302 e. The Labute approximate surface area is 136 Å². The Morgan fingerprint density at radius 3 is 2.78 bits per heavy atom. The molecule has 0 bridgehead atoms. The first kappa shape index (κ1) is 15.4. The minimum absolute atomic E-state index is 0.0733. The number of aromatic nitrogens is 3. The summed E-state index contributed by atoms with van der Waals surface area (Å²) in [6, 6.07) is 6.18. The van der Waals surface area contributed by atoms with Crippen LogP contribution in [-0.2, 0) is 11.8 Å². The first-order valence-electron chi connectivity index (χ1n) is 7.12. The maximum absolute atomic E-state index is 13.1. The molecule has 118 valence electrons. The third-order valence-corrected chi connectivity index (χ3v) is 4.05. The van der Waals surface area contributed by atoms with Crippen molar-refractivity contribution < 1.29 is 9.18 Å². The van der Waals surface area contributed by atoms with Crippen LogP contribution in [-0.4, -0.2) is 20.7 Å². The Bertz CT molecular complexity index is 838. The first-order chi connectivity index (χ1) is 11.1. The van der Waals surface area contributed by atoms with Crippen LogP contribution in [0, 0.1) is 5.82 Å². The average molecular weight is 330 g/mol. The zero-order valence-electron chi connectivity index (χ0n) is 12.7. The SMILES string of the molecule is CCC(=O)Nc1nc(-c2cn(C)nc2-c2ccc(F)cc2)cs1. The summed E-state index contributed by atoms with van der Waals surface area (Å²) in [7, 11) is 1.82. The summed E-state index contributed by atoms with van der Waals surface area (Å²) in [6.07, 6.45) is 2.27. The topological polar surface area (TPSA) is 59.8 Å². The third kappa shape index (κ3) is 3.29. The van der Waals surface area contributed by atoms with Crippen LogP contribution in [0.15, 0.2) is 35.8 Å². The first-order valence-corrected chi connectivity index (χ1v) is 8.00. The van der Waals surface area contributed by atoms with Gasteiger partial charge in [0.25, 0.3) is 0 Å². The molecule has 0 saturated heterocycles. The number of hydrogen-bond acceptors (Lipinski definition) is 4. The van der Waals surface area contributed by atoms with Crippen molar-refractivity contribution in [3.8, 4) is 22.5 Å². The lowest BCUT2D eigenvalue weighted by atomic mass is 10.1. The van der Waals surface area contributed by atoms with Gasteiger partial charge in [0.15, 0.2) is 5.13 Å². The molecule has 3 rings (SSSR count). The van der Waals surface area contributed by atoms with Crippen LogP contribution >= 0.6 is 11.3 Å². The van der Waals surface area contributed by atoms with Crippen LogP contribution in [0.3, 0.4) is 0 Å². The second-order valence-corrected chi connectivity index (χ2v) is 5.87. The summed E-state index contributed by atoms with van der Waals surface area (Å²) < 4.78 is 14.8. The standard InChI is InChI=1S/C16H15FN4OS/c1-3-14(22)19-16-18-13(9-23-16)12-8-21(2)20-15(12)10-4-6-11(17)7-5-10/h4-9H,3H2,1-2H3,(H,18,19,22). The molecule has 0 fully saturated rings. The lowest BCUT2D eigenvalue weighted by Crippen LogP contribution is -2.08. The molecule has 0 aliphatic carbocycles. The summed E-state index contributed by atoms with van der Waals surface area (Å²) in [6.45, 7) is 1.79. The Morgan fingerprint density at radius 2 is 2.09 bits per heavy atom. The maximum atomic E-state index is 13.1. The second-order valence-electron chi connectivity index (χ2n) is 5.01. The van der Waals surface area contributed by atoms with Gasteiger partial charge in [-0.3, -0.25) is 9.48 Å². The maximum Gasteiger partial charge on any atom is 0.225 e. The number of nitrogens with zero attached hydrogens (tertiary/aromatic N) is 3. The molecule has 0 saturated carbocycles. The van der Waals surface area contributed by atoms with Gasteiger partial charge in [0.05, 0.1) is 5.69 Å². The predicted octanol–water partition coefficient (Wildman–Crippen LogP) is 3.70. The van der Waals surface area contributed by atoms with Crippen molar-refractivity contribution in [1.29, 1.82) is 0 Å². The van der Waals surface area contributed by atoms with Gasteiger partial charge in [-0.15, -0.1) is 11.3 Å². The molecule has 1 aromatic carbocycles. The van der Waals surface area contributed by atoms with Crippen molar-refractivity contribution in [2.24, 2.45) is 7.05 Å². The zero-order valence-corrected chi connectivity index (χ0v) is 13.5. The lowest BCUT2D eigenvalue weighted by molar-refractivity contribution is -0.115. The summed E-state index contributed by atoms with van der Waals surface area (Å²) in [5.41, 5.74) is 3.11. The van der Waals surface area contributed by atoms with E-state index >= 15 is 0 Å². The molecule has 7 heteroatoms. The van der Waals surface area contributed by atoms with Gasteiger partial charge in [-0.05, 0) is 24.3 Å². The molecule has 2 aromatic heterocycles. The zero-order chi connectivity index (χ0) is 16.4. The van der Waals surface area contributed by atoms with E-state index in [1.807, 2.05) is 18.6 Å². The van der Waals surface area contributed by atoms with Crippen LogP contribution in [0.4, 0.5) is 9.52 Å². The van der Waals surface area contributed by atoms with E-state index in [-0.39, 0.29) is 11.7 Å². The molecule has 0 radical (unpaired) electrons. The average Bonchev–Trinajstić information content (AvgIpc) is 3.14. The lowest BCUT2D eigenvalue weighted by Gasteiger charge is -2.00. The summed E-state index contributed by atoms with van der Waals surface area (Å²) in [4.78, 5) is 15.9. The van der Waals surface area contributed by atoms with Crippen LogP contribution in [0.2, 0.25) is 0 Å². The van der Waals surface area contributed by atoms with E-state index in [0.717, 1.165) is 22.5 Å². The molecule has 5 nitrogen and oxygen atoms in total. The number of hydrogen-bond donors (Lipinski definition) is 1. The summed E-state index contributed by atoms with van der Waals surface area (Å²) in [5.74, 6) is -0.361. The van der Waals surface area contributed by atoms with Crippen molar-refractivity contribution in [3.05, 3.63) is 41.7 Å². The van der Waals surface area contributed by atoms with Crippen molar-refractivity contribution >= 4 is 22.4 Å². The molecule has 3 aromatic rings. The minimum Gasteiger partial charge on any atom is -0.302 e. The van der Waals surface area contributed by atoms with Gasteiger partial charge >= 0.3 is 0 Å². The molecule has 1 N–H and O–H groups in total. The number of halogens is 1. The van der Waals surface area contributed by atoms with Gasteiger partial charge in [-0.1, -0.05) is 6.92 Å². The molecular weight excluding hydrogens is 315 g/mol. The summed E-state index contributed by atoms with van der Waals surface area (Å²) in [5, 5.41) is 9.62. The molecule has 23 heavy (non-hydrogen) atoms. The molecule has 0 spiro atoms. The van der Waals surface area contributed by atoms with Gasteiger partial charge < -0.3 is 5.32 Å². The Balaban J connectivity index is 1.97. The molecule has 1 amide bonds. The Kier molecular flexibility index (Phi) is 4.20. The van der Waals surface area contributed by atoms with Gasteiger partial charge in [0, 0.05) is 36.2 Å². The van der Waals surface area contributed by atoms with E-state index in [9.17, 15) is 9.18 Å². The highest BCUT2D eigenvalue weighted by molar-refractivity contribution is 7.14. The van der Waals surface area contributed by atoms with Gasteiger partial charge in [0.2, 0.25) is 5.91 Å². The molecule has 0 atom stereocenters. The normalized spacial score (nSPS) is 10.7. The van der Waals surface area contributed by atoms with Crippen LogP contribution in [0.1, 0.15) is 13.3 Å². The highest BCUT2D eigenvalue weighted by Crippen LogP contribution is 2.32. The van der Waals surface area contributed by atoms with Gasteiger partial charge in [-0.2, -0.15) is 5.10 Å². The fourth-order valence-electron chi connectivity index (χ4n) is 2.16. The highest BCUT2D eigenvalue weighted by atomic mass is 32.1. The van der Waals surface area contributed by atoms with Crippen molar-refractivity contribution in [3.63, 3.8) is 0 Å². The predicted molar refractivity (Wildman–Crippen MR) is 88.6 cm³/mol. The monoisotopic (exact) mass is 330 g/mol. The van der Waals surface area contributed by atoms with Gasteiger partial charge in [-0.25, -0.2) is 9.37 Å². The number of aryl methyl sites for hydroxylation is 1. The van der Waals surface area contributed by atoms with Crippen molar-refractivity contribution in [1.82, 2.24) is 14.8 Å². The number of benzene rings is 1. The smallest absolute Gasteiger partial charge is 0.225 e. The quantitative estimate of drug-likeness (QED) is 0.793. The van der Waals surface area contributed by atoms with E-state index in [1.165, 1.54) is 23.5 Å². The number of thiazole rings is 1. The fraction of sp³-hybridized carbons (Fsp3) is 0.188. The second kappa shape index (κ2) is 6.29. The van der Waals surface area contributed by atoms with Crippen LogP contribution in [0.25, 0.3) is 22.5 Å². The fourth-order valence-corrected chi connectivity index (χ4v) is 2.89. The third-order valence-electron chi connectivity index (χ3n) is 3.29. The van der Waals surface area contributed by atoms with E-state index in [1.54, 1.807) is 23.7 Å². The Morgan fingerprint density at radius 1 is 1.35 bits per heavy atom. The van der Waals surface area contributed by atoms with E-state index < -0.39 is 0 Å². The number of nitrogens with one attached hydrogen (secondary N) is 1. The van der Waals surface area contributed by atoms with Crippen LogP contribution < -0.4 is 5.32 Å². The van der Waals surface area contributed by atoms with Crippen LogP contribution in [0.5, 0.6) is 0 Å². The van der Waals surface area contributed by atoms with E-state index in [2.05, 4.69) is 15.4 Å². The number of carbonyl (C=O) groups is 1. The molecule has 0 aliphatic rings. The molecule has 0 unspecified atom stereocenters. The van der Waals surface area contributed by atoms with Crippen molar-refractivity contribution in [2.75, 3.05) is 5.32 Å². The number of amides is 1. The van der Waals surface area contributed by atoms with Gasteiger partial charge in [0.1, 0.15) is 11.5 Å². The molecular formula is C16H15FN4OS.